The number of aliphatic hydroxyl groups excluding tert-OH is 3. The number of carbonyl (C=O) groups excluding carboxylic acids is 1. The van der Waals surface area contributed by atoms with Crippen LogP contribution in [0.25, 0.3) is 0 Å². The molecule has 0 bridgehead atoms. The predicted molar refractivity (Wildman–Crippen MR) is 99.4 cm³/mol. The average Bonchev–Trinajstić information content (AvgIpc) is 2.62. The number of carbonyl (C=O) groups is 2. The van der Waals surface area contributed by atoms with E-state index < -0.39 is 36.7 Å². The van der Waals surface area contributed by atoms with Crippen LogP contribution in [0.2, 0.25) is 0 Å². The Morgan fingerprint density at radius 1 is 1.19 bits per heavy atom. The number of aliphatic carboxylic acids is 1. The molecule has 0 spiro atoms. The zero-order valence-corrected chi connectivity index (χ0v) is 16.8. The number of aliphatic hydroxyl groups is 3. The van der Waals surface area contributed by atoms with Gasteiger partial charge >= 0.3 is 5.97 Å². The number of hydrogen-bond donors (Lipinski definition) is 4. The first-order valence-corrected chi connectivity index (χ1v) is 9.05. The van der Waals surface area contributed by atoms with Crippen molar-refractivity contribution >= 4 is 34.8 Å². The fourth-order valence-electron chi connectivity index (χ4n) is 2.61. The van der Waals surface area contributed by atoms with E-state index in [2.05, 4.69) is 0 Å². The van der Waals surface area contributed by atoms with Crippen molar-refractivity contribution in [3.63, 3.8) is 0 Å². The Bertz CT molecular complexity index is 693. The van der Waals surface area contributed by atoms with Crippen molar-refractivity contribution in [1.29, 1.82) is 0 Å². The molecule has 0 radical (unpaired) electrons. The van der Waals surface area contributed by atoms with Crippen molar-refractivity contribution < 1.29 is 42.6 Å². The lowest BCUT2D eigenvalue weighted by molar-refractivity contribution is -0.271. The zero-order chi connectivity index (χ0) is 20.3. The highest BCUT2D eigenvalue weighted by Gasteiger charge is 2.48. The van der Waals surface area contributed by atoms with E-state index in [1.54, 1.807) is 49.0 Å². The summed E-state index contributed by atoms with van der Waals surface area (Å²) in [7, 11) is 0. The number of carboxylic acids is 1. The molecule has 10 heteroatoms. The van der Waals surface area contributed by atoms with Crippen LogP contribution in [-0.4, -0.2) is 62.9 Å². The third kappa shape index (κ3) is 4.95. The Morgan fingerprint density at radius 3 is 2.41 bits per heavy atom. The topological polar surface area (TPSA) is 143 Å². The van der Waals surface area contributed by atoms with Gasteiger partial charge in [-0.15, -0.1) is 0 Å². The Balaban J connectivity index is 2.34. The summed E-state index contributed by atoms with van der Waals surface area (Å²) in [5.41, 5.74) is 0.920. The summed E-state index contributed by atoms with van der Waals surface area (Å²) in [5, 5.41) is 38.8. The summed E-state index contributed by atoms with van der Waals surface area (Å²) >= 11 is 1.73. The van der Waals surface area contributed by atoms with Gasteiger partial charge in [-0.05, 0) is 17.7 Å². The molecule has 1 aliphatic rings. The van der Waals surface area contributed by atoms with Crippen molar-refractivity contribution in [2.75, 3.05) is 0 Å². The van der Waals surface area contributed by atoms with E-state index in [-0.39, 0.29) is 29.6 Å². The maximum absolute atomic E-state index is 12.5. The van der Waals surface area contributed by atoms with E-state index in [1.807, 2.05) is 0 Å². The summed E-state index contributed by atoms with van der Waals surface area (Å²) in [6, 6.07) is 4.69. The van der Waals surface area contributed by atoms with Crippen LogP contribution in [-0.2, 0) is 19.2 Å². The van der Waals surface area contributed by atoms with E-state index in [9.17, 15) is 24.9 Å². The lowest BCUT2D eigenvalue weighted by Gasteiger charge is -2.38. The van der Waals surface area contributed by atoms with Gasteiger partial charge in [-0.2, -0.15) is 0 Å². The van der Waals surface area contributed by atoms with Gasteiger partial charge < -0.3 is 33.0 Å². The second-order valence-electron chi connectivity index (χ2n) is 6.46. The summed E-state index contributed by atoms with van der Waals surface area (Å²) in [5.74, 6) is -2.04. The highest BCUT2D eigenvalue weighted by atomic mass is 127. The van der Waals surface area contributed by atoms with Crippen molar-refractivity contribution in [2.45, 2.75) is 51.2 Å². The van der Waals surface area contributed by atoms with Crippen LogP contribution in [0.4, 0.5) is 0 Å². The molecule has 1 heterocycles. The molecule has 1 aromatic rings. The van der Waals surface area contributed by atoms with Crippen LogP contribution >= 0.6 is 23.0 Å². The number of ether oxygens (including phenoxy) is 2. The van der Waals surface area contributed by atoms with E-state index in [4.69, 9.17) is 17.6 Å². The molecule has 1 fully saturated rings. The minimum atomic E-state index is -1.82. The Morgan fingerprint density at radius 2 is 1.85 bits per heavy atom. The maximum Gasteiger partial charge on any atom is 0.335 e. The average molecular weight is 496 g/mol. The second-order valence-corrected chi connectivity index (χ2v) is 7.08. The van der Waals surface area contributed by atoms with E-state index in [0.29, 0.717) is 5.56 Å². The molecule has 1 aliphatic heterocycles. The number of rotatable bonds is 7. The van der Waals surface area contributed by atoms with Crippen LogP contribution in [0.3, 0.4) is 0 Å². The highest BCUT2D eigenvalue weighted by Crippen LogP contribution is 2.29. The number of Topliss-reactive ketones (excluding diaryl/α,β-unsaturated/α-hetero) is 1. The first-order valence-electron chi connectivity index (χ1n) is 8.17. The van der Waals surface area contributed by atoms with Crippen LogP contribution < -0.4 is 4.74 Å². The molecule has 0 aromatic heterocycles. The number of halogens is 1. The quantitative estimate of drug-likeness (QED) is 0.316. The van der Waals surface area contributed by atoms with Gasteiger partial charge in [0.05, 0.1) is 12.2 Å². The number of ketones is 1. The van der Waals surface area contributed by atoms with Crippen LogP contribution in [0.1, 0.15) is 29.8 Å². The van der Waals surface area contributed by atoms with Crippen molar-refractivity contribution in [3.8, 4) is 5.75 Å². The zero-order valence-electron chi connectivity index (χ0n) is 14.6. The van der Waals surface area contributed by atoms with Gasteiger partial charge in [0.25, 0.3) is 0 Å². The molecule has 150 valence electrons. The molecule has 4 N–H and O–H groups in total. The first-order chi connectivity index (χ1) is 12.7. The fraction of sp³-hybridized carbons (Fsp3) is 0.529. The van der Waals surface area contributed by atoms with Gasteiger partial charge in [-0.1, -0.05) is 19.9 Å². The van der Waals surface area contributed by atoms with Crippen LogP contribution in [0.15, 0.2) is 18.2 Å². The lowest BCUT2D eigenvalue weighted by atomic mass is 9.97. The smallest absolute Gasteiger partial charge is 0.335 e. The molecule has 0 aliphatic carbocycles. The molecule has 1 saturated heterocycles. The van der Waals surface area contributed by atoms with Crippen molar-refractivity contribution in [2.24, 2.45) is 5.92 Å². The SMILES string of the molecule is CC(C)C(=O)c1cc(COI)ccc1O[C@@H]1O[C@H](C(=O)O)[C@H](O)[C@H](O)[C@H]1O. The standard InChI is InChI=1S/C17H21IO9/c1-7(2)11(19)9-5-8(6-25-18)3-4-10(9)26-17-14(22)12(20)13(21)15(27-17)16(23)24/h3-5,7,12-15,17,20-22H,6H2,1-2H3,(H,23,24)/t12-,13+,14+,15-,17+/m0/s1. The molecule has 0 unspecified atom stereocenters. The van der Waals surface area contributed by atoms with Crippen LogP contribution in [0, 0.1) is 5.92 Å². The third-order valence-electron chi connectivity index (χ3n) is 4.11. The Labute approximate surface area is 169 Å². The molecule has 1 aromatic carbocycles. The van der Waals surface area contributed by atoms with E-state index in [0.717, 1.165) is 0 Å². The van der Waals surface area contributed by atoms with Gasteiger partial charge in [0, 0.05) is 5.92 Å². The monoisotopic (exact) mass is 496 g/mol. The molecule has 0 amide bonds. The predicted octanol–water partition coefficient (Wildman–Crippen LogP) is 0.663. The number of hydrogen-bond acceptors (Lipinski definition) is 8. The molecule has 2 rings (SSSR count). The number of carboxylic acid groups (broad SMARTS) is 1. The highest BCUT2D eigenvalue weighted by molar-refractivity contribution is 14.1. The molecule has 5 atom stereocenters. The first kappa shape index (κ1) is 22.0. The fourth-order valence-corrected chi connectivity index (χ4v) is 2.97. The minimum absolute atomic E-state index is 0.0580. The van der Waals surface area contributed by atoms with Crippen LogP contribution in [0.5, 0.6) is 5.75 Å². The van der Waals surface area contributed by atoms with Crippen molar-refractivity contribution in [1.82, 2.24) is 0 Å². The summed E-state index contributed by atoms with van der Waals surface area (Å²) < 4.78 is 15.7. The largest absolute Gasteiger partial charge is 0.479 e. The molecule has 27 heavy (non-hydrogen) atoms. The van der Waals surface area contributed by atoms with Gasteiger partial charge in [-0.3, -0.25) is 4.79 Å². The molecular formula is C17H21IO9. The lowest BCUT2D eigenvalue weighted by Crippen LogP contribution is -2.61. The minimum Gasteiger partial charge on any atom is -0.479 e. The number of benzene rings is 1. The van der Waals surface area contributed by atoms with E-state index in [1.165, 1.54) is 6.07 Å². The molecular weight excluding hydrogens is 475 g/mol. The van der Waals surface area contributed by atoms with E-state index >= 15 is 0 Å². The van der Waals surface area contributed by atoms with Gasteiger partial charge in [0.1, 0.15) is 47.1 Å². The summed E-state index contributed by atoms with van der Waals surface area (Å²) in [4.78, 5) is 23.7. The third-order valence-corrected chi connectivity index (χ3v) is 4.42. The molecule has 9 nitrogen and oxygen atoms in total. The summed E-state index contributed by atoms with van der Waals surface area (Å²) in [6.45, 7) is 3.67. The Kier molecular flexibility index (Phi) is 7.54. The molecule has 0 saturated carbocycles. The normalized spacial score (nSPS) is 28.2. The summed E-state index contributed by atoms with van der Waals surface area (Å²) in [6.07, 6.45) is -8.70. The maximum atomic E-state index is 12.5. The second kappa shape index (κ2) is 9.26. The Hall–Kier alpha value is -1.31. The van der Waals surface area contributed by atoms with Gasteiger partial charge in [-0.25, -0.2) is 4.79 Å². The van der Waals surface area contributed by atoms with Gasteiger partial charge in [0.15, 0.2) is 11.9 Å². The van der Waals surface area contributed by atoms with Gasteiger partial charge in [0.2, 0.25) is 6.29 Å². The van der Waals surface area contributed by atoms with Crippen molar-refractivity contribution in [3.05, 3.63) is 29.3 Å².